The fraction of sp³-hybridized carbons (Fsp3) is 0.0870. The summed E-state index contributed by atoms with van der Waals surface area (Å²) < 4.78 is 7.51. The molecule has 0 radical (unpaired) electrons. The van der Waals surface area contributed by atoms with Crippen molar-refractivity contribution < 1.29 is 9.21 Å². The lowest BCUT2D eigenvalue weighted by Gasteiger charge is -2.20. The van der Waals surface area contributed by atoms with Crippen molar-refractivity contribution in [3.63, 3.8) is 0 Å². The maximum absolute atomic E-state index is 13.4. The number of benzene rings is 3. The molecule has 0 N–H and O–H groups in total. The molecule has 6 nitrogen and oxygen atoms in total. The third-order valence-electron chi connectivity index (χ3n) is 4.94. The van der Waals surface area contributed by atoms with Crippen molar-refractivity contribution >= 4 is 55.3 Å². The Morgan fingerprint density at radius 1 is 1.03 bits per heavy atom. The van der Waals surface area contributed by atoms with Gasteiger partial charge in [-0.25, -0.2) is 9.78 Å². The van der Waals surface area contributed by atoms with Gasteiger partial charge >= 0.3 is 5.76 Å². The molecule has 0 atom stereocenters. The zero-order valence-corrected chi connectivity index (χ0v) is 17.8. The molecule has 0 fully saturated rings. The number of halogens is 1. The van der Waals surface area contributed by atoms with Gasteiger partial charge in [-0.15, -0.1) is 0 Å². The van der Waals surface area contributed by atoms with Gasteiger partial charge in [-0.05, 0) is 29.8 Å². The lowest BCUT2D eigenvalue weighted by atomic mass is 10.2. The van der Waals surface area contributed by atoms with Crippen LogP contribution in [-0.2, 0) is 17.9 Å². The number of nitrogens with zero attached hydrogens (tertiary/aromatic N) is 3. The van der Waals surface area contributed by atoms with Crippen molar-refractivity contribution in [2.45, 2.75) is 13.1 Å². The first-order valence-electron chi connectivity index (χ1n) is 9.58. The van der Waals surface area contributed by atoms with Gasteiger partial charge in [-0.2, -0.15) is 0 Å². The highest BCUT2D eigenvalue weighted by Gasteiger charge is 2.23. The molecule has 0 spiro atoms. The number of rotatable bonds is 5. The molecule has 2 aromatic heterocycles. The maximum Gasteiger partial charge on any atom is 0.420 e. The average molecular weight is 450 g/mol. The normalized spacial score (nSPS) is 11.3. The van der Waals surface area contributed by atoms with E-state index in [-0.39, 0.29) is 12.5 Å². The molecule has 0 aliphatic carbocycles. The average Bonchev–Trinajstić information content (AvgIpc) is 3.35. The Hall–Kier alpha value is -3.42. The predicted molar refractivity (Wildman–Crippen MR) is 123 cm³/mol. The van der Waals surface area contributed by atoms with Gasteiger partial charge in [-0.1, -0.05) is 71.5 Å². The van der Waals surface area contributed by atoms with Crippen LogP contribution in [0, 0.1) is 0 Å². The van der Waals surface area contributed by atoms with Crippen LogP contribution in [0.1, 0.15) is 5.56 Å². The first-order chi connectivity index (χ1) is 15.1. The molecule has 2 heterocycles. The molecule has 0 saturated carbocycles. The van der Waals surface area contributed by atoms with E-state index in [9.17, 15) is 9.59 Å². The Morgan fingerprint density at radius 2 is 1.81 bits per heavy atom. The Morgan fingerprint density at radius 3 is 2.61 bits per heavy atom. The molecule has 154 valence electrons. The minimum absolute atomic E-state index is 0.160. The highest BCUT2D eigenvalue weighted by atomic mass is 35.5. The second-order valence-electron chi connectivity index (χ2n) is 6.97. The van der Waals surface area contributed by atoms with Gasteiger partial charge in [0, 0.05) is 0 Å². The highest BCUT2D eigenvalue weighted by molar-refractivity contribution is 7.22. The fourth-order valence-electron chi connectivity index (χ4n) is 3.43. The molecule has 0 aliphatic rings. The summed E-state index contributed by atoms with van der Waals surface area (Å²) in [5.74, 6) is -0.839. The number of thiazole rings is 1. The van der Waals surface area contributed by atoms with Gasteiger partial charge in [0.1, 0.15) is 12.1 Å². The number of oxazole rings is 1. The molecule has 3 aromatic carbocycles. The van der Waals surface area contributed by atoms with Gasteiger partial charge < -0.3 is 4.42 Å². The number of carbonyl (C=O) groups is 1. The SMILES string of the molecule is O=C(Cn1c(=O)oc2ccccc21)N(Cc1ccccc1)c1nc2c(Cl)cccc2s1. The number of para-hydroxylation sites is 3. The fourth-order valence-corrected chi connectivity index (χ4v) is 4.71. The Labute approximate surface area is 185 Å². The summed E-state index contributed by atoms with van der Waals surface area (Å²) in [6, 6.07) is 22.2. The van der Waals surface area contributed by atoms with Gasteiger partial charge in [0.05, 0.1) is 21.8 Å². The molecule has 1 amide bonds. The monoisotopic (exact) mass is 449 g/mol. The van der Waals surface area contributed by atoms with E-state index in [2.05, 4.69) is 4.98 Å². The number of amides is 1. The van der Waals surface area contributed by atoms with Crippen LogP contribution in [0.3, 0.4) is 0 Å². The van der Waals surface area contributed by atoms with Crippen LogP contribution in [0.25, 0.3) is 21.3 Å². The molecular formula is C23H16ClN3O3S. The van der Waals surface area contributed by atoms with E-state index >= 15 is 0 Å². The van der Waals surface area contributed by atoms with E-state index in [0.29, 0.717) is 33.3 Å². The zero-order chi connectivity index (χ0) is 21.4. The number of fused-ring (bicyclic) bond motifs is 2. The summed E-state index contributed by atoms with van der Waals surface area (Å²) >= 11 is 7.69. The van der Waals surface area contributed by atoms with Crippen molar-refractivity contribution in [3.8, 4) is 0 Å². The Balaban J connectivity index is 1.55. The van der Waals surface area contributed by atoms with E-state index < -0.39 is 5.76 Å². The molecule has 5 rings (SSSR count). The van der Waals surface area contributed by atoms with Crippen LogP contribution in [0.5, 0.6) is 0 Å². The molecule has 0 saturated heterocycles. The van der Waals surface area contributed by atoms with Crippen LogP contribution in [0.15, 0.2) is 82.0 Å². The summed E-state index contributed by atoms with van der Waals surface area (Å²) in [6.07, 6.45) is 0. The van der Waals surface area contributed by atoms with Crippen molar-refractivity contribution in [1.82, 2.24) is 9.55 Å². The van der Waals surface area contributed by atoms with Crippen molar-refractivity contribution in [2.24, 2.45) is 0 Å². The molecule has 8 heteroatoms. The third-order valence-corrected chi connectivity index (χ3v) is 6.29. The largest absolute Gasteiger partial charge is 0.420 e. The Kier molecular flexibility index (Phi) is 5.05. The number of carbonyl (C=O) groups excluding carboxylic acids is 1. The maximum atomic E-state index is 13.4. The highest BCUT2D eigenvalue weighted by Crippen LogP contribution is 2.33. The summed E-state index contributed by atoms with van der Waals surface area (Å²) in [5, 5.41) is 1.06. The van der Waals surface area contributed by atoms with Crippen LogP contribution < -0.4 is 10.7 Å². The number of aromatic nitrogens is 2. The van der Waals surface area contributed by atoms with Crippen molar-refractivity contribution in [3.05, 3.63) is 93.9 Å². The standard InChI is InChI=1S/C23H16ClN3O3S/c24-16-9-6-12-19-21(16)25-22(31-19)27(13-15-7-2-1-3-8-15)20(28)14-26-17-10-4-5-11-18(17)30-23(26)29/h1-12H,13-14H2. The summed E-state index contributed by atoms with van der Waals surface area (Å²) in [4.78, 5) is 32.0. The second kappa shape index (κ2) is 8.02. The smallest absolute Gasteiger partial charge is 0.408 e. The second-order valence-corrected chi connectivity index (χ2v) is 8.39. The van der Waals surface area contributed by atoms with E-state index in [0.717, 1.165) is 10.3 Å². The lowest BCUT2D eigenvalue weighted by Crippen LogP contribution is -2.35. The van der Waals surface area contributed by atoms with E-state index in [1.54, 1.807) is 35.2 Å². The third kappa shape index (κ3) is 3.73. The molecule has 0 aliphatic heterocycles. The van der Waals surface area contributed by atoms with Crippen molar-refractivity contribution in [1.29, 1.82) is 0 Å². The molecule has 0 bridgehead atoms. The van der Waals surface area contributed by atoms with E-state index in [1.165, 1.54) is 15.9 Å². The summed E-state index contributed by atoms with van der Waals surface area (Å²) in [5.41, 5.74) is 2.63. The van der Waals surface area contributed by atoms with Gasteiger partial charge in [0.25, 0.3) is 0 Å². The first-order valence-corrected chi connectivity index (χ1v) is 10.8. The minimum Gasteiger partial charge on any atom is -0.408 e. The summed E-state index contributed by atoms with van der Waals surface area (Å²) in [7, 11) is 0. The lowest BCUT2D eigenvalue weighted by molar-refractivity contribution is -0.119. The number of anilines is 1. The number of hydrogen-bond acceptors (Lipinski definition) is 5. The van der Waals surface area contributed by atoms with Crippen LogP contribution in [0.2, 0.25) is 5.02 Å². The van der Waals surface area contributed by atoms with Crippen LogP contribution >= 0.6 is 22.9 Å². The van der Waals surface area contributed by atoms with Crippen molar-refractivity contribution in [2.75, 3.05) is 4.90 Å². The van der Waals surface area contributed by atoms with Gasteiger partial charge in [0.15, 0.2) is 10.7 Å². The first kappa shape index (κ1) is 19.5. The minimum atomic E-state index is -0.568. The van der Waals surface area contributed by atoms with Crippen LogP contribution in [-0.4, -0.2) is 15.5 Å². The van der Waals surface area contributed by atoms with Gasteiger partial charge in [-0.3, -0.25) is 14.3 Å². The predicted octanol–water partition coefficient (Wildman–Crippen LogP) is 5.09. The van der Waals surface area contributed by atoms with E-state index in [4.69, 9.17) is 16.0 Å². The summed E-state index contributed by atoms with van der Waals surface area (Å²) in [6.45, 7) is 0.161. The van der Waals surface area contributed by atoms with Crippen LogP contribution in [0.4, 0.5) is 5.13 Å². The quantitative estimate of drug-likeness (QED) is 0.374. The van der Waals surface area contributed by atoms with Gasteiger partial charge in [0.2, 0.25) is 5.91 Å². The molecular weight excluding hydrogens is 434 g/mol. The molecule has 31 heavy (non-hydrogen) atoms. The molecule has 0 unspecified atom stereocenters. The number of hydrogen-bond donors (Lipinski definition) is 0. The van der Waals surface area contributed by atoms with E-state index in [1.807, 2.05) is 42.5 Å². The topological polar surface area (TPSA) is 68.3 Å². The molecule has 5 aromatic rings. The Bertz CT molecular complexity index is 1460. The zero-order valence-electron chi connectivity index (χ0n) is 16.2.